The molecule has 1 amide bonds. The van der Waals surface area contributed by atoms with Crippen molar-refractivity contribution in [1.29, 1.82) is 5.41 Å². The Labute approximate surface area is 205 Å². The van der Waals surface area contributed by atoms with Crippen molar-refractivity contribution in [2.24, 2.45) is 0 Å². The van der Waals surface area contributed by atoms with Crippen LogP contribution in [-0.2, 0) is 17.8 Å². The smallest absolute Gasteiger partial charge is 0.221 e. The Balaban J connectivity index is 0.00000529. The Morgan fingerprint density at radius 1 is 1.03 bits per heavy atom. The first-order chi connectivity index (χ1) is 15.8. The predicted molar refractivity (Wildman–Crippen MR) is 145 cm³/mol. The summed E-state index contributed by atoms with van der Waals surface area (Å²) in [6.45, 7) is 24.1. The lowest BCUT2D eigenvalue weighted by molar-refractivity contribution is -0.114. The van der Waals surface area contributed by atoms with Gasteiger partial charge in [-0.25, -0.2) is 4.39 Å². The van der Waals surface area contributed by atoms with Crippen molar-refractivity contribution >= 4 is 22.9 Å². The number of hydrogen-bond acceptors (Lipinski definition) is 3. The maximum absolute atomic E-state index is 16.1. The van der Waals surface area contributed by atoms with Crippen molar-refractivity contribution in [1.82, 2.24) is 0 Å². The second kappa shape index (κ2) is 13.8. The van der Waals surface area contributed by atoms with Crippen LogP contribution in [0.1, 0.15) is 98.4 Å². The van der Waals surface area contributed by atoms with E-state index in [2.05, 4.69) is 11.9 Å². The summed E-state index contributed by atoms with van der Waals surface area (Å²) >= 11 is 0. The van der Waals surface area contributed by atoms with Crippen LogP contribution in [0, 0.1) is 11.2 Å². The third-order valence-corrected chi connectivity index (χ3v) is 5.92. The van der Waals surface area contributed by atoms with Crippen LogP contribution < -0.4 is 5.32 Å². The molecule has 1 rings (SSSR count). The van der Waals surface area contributed by atoms with E-state index in [4.69, 9.17) is 5.41 Å². The largest absolute Gasteiger partial charge is 0.392 e. The van der Waals surface area contributed by atoms with E-state index < -0.39 is 11.7 Å². The minimum absolute atomic E-state index is 0.0336. The van der Waals surface area contributed by atoms with Gasteiger partial charge in [0.15, 0.2) is 5.82 Å². The number of anilines is 1. The van der Waals surface area contributed by atoms with E-state index in [1.165, 1.54) is 6.92 Å². The summed E-state index contributed by atoms with van der Waals surface area (Å²) in [5.74, 6) is -1.11. The average molecular weight is 471 g/mol. The number of aliphatic hydroxyl groups is 1. The second-order valence-corrected chi connectivity index (χ2v) is 8.34. The first-order valence-electron chi connectivity index (χ1n) is 11.8. The monoisotopic (exact) mass is 470 g/mol. The Hall–Kier alpha value is -2.79. The molecule has 5 heteroatoms. The van der Waals surface area contributed by atoms with Gasteiger partial charge in [0.2, 0.25) is 5.91 Å². The lowest BCUT2D eigenvalue weighted by Crippen LogP contribution is -2.20. The third-order valence-electron chi connectivity index (χ3n) is 5.92. The molecule has 0 saturated heterocycles. The van der Waals surface area contributed by atoms with Crippen LogP contribution in [0.2, 0.25) is 0 Å². The SMILES string of the molecule is C=C(C)c1c(CO)c(CC)c(C(=N)/C(C(C)=C(C)C)=C(C)\C(C)=C/C)c(F)c1NC(C)=O.CC. The van der Waals surface area contributed by atoms with Crippen molar-refractivity contribution in [2.75, 3.05) is 5.32 Å². The van der Waals surface area contributed by atoms with Gasteiger partial charge in [0, 0.05) is 23.6 Å². The fraction of sp³-hybridized carbons (Fsp3) is 0.448. The number of carbonyl (C=O) groups is 1. The van der Waals surface area contributed by atoms with Gasteiger partial charge >= 0.3 is 0 Å². The number of nitrogens with one attached hydrogen (secondary N) is 2. The minimum atomic E-state index is -0.678. The zero-order chi connectivity index (χ0) is 26.9. The molecule has 0 heterocycles. The van der Waals surface area contributed by atoms with Gasteiger partial charge in [0.25, 0.3) is 0 Å². The molecule has 0 aliphatic rings. The van der Waals surface area contributed by atoms with E-state index in [1.54, 1.807) is 6.92 Å². The summed E-state index contributed by atoms with van der Waals surface area (Å²) in [4.78, 5) is 11.9. The quantitative estimate of drug-likeness (QED) is 0.267. The van der Waals surface area contributed by atoms with Gasteiger partial charge in [-0.3, -0.25) is 10.2 Å². The Morgan fingerprint density at radius 2 is 1.56 bits per heavy atom. The van der Waals surface area contributed by atoms with Gasteiger partial charge < -0.3 is 10.4 Å². The molecule has 0 spiro atoms. The molecule has 4 nitrogen and oxygen atoms in total. The van der Waals surface area contributed by atoms with Gasteiger partial charge in [0.1, 0.15) is 0 Å². The third kappa shape index (κ3) is 6.63. The molecule has 0 aromatic heterocycles. The molecule has 0 aliphatic carbocycles. The summed E-state index contributed by atoms with van der Waals surface area (Å²) < 4.78 is 16.1. The Morgan fingerprint density at radius 3 is 1.91 bits per heavy atom. The molecule has 1 aromatic rings. The van der Waals surface area contributed by atoms with E-state index in [0.717, 1.165) is 22.3 Å². The molecule has 3 N–H and O–H groups in total. The van der Waals surface area contributed by atoms with E-state index in [-0.39, 0.29) is 23.6 Å². The molecular formula is C29H43FN2O2. The second-order valence-electron chi connectivity index (χ2n) is 8.34. The number of halogens is 1. The summed E-state index contributed by atoms with van der Waals surface area (Å²) in [6, 6.07) is 0. The Kier molecular flexibility index (Phi) is 12.7. The van der Waals surface area contributed by atoms with Gasteiger partial charge in [-0.2, -0.15) is 0 Å². The lowest BCUT2D eigenvalue weighted by atomic mass is 9.82. The van der Waals surface area contributed by atoms with E-state index >= 15 is 4.39 Å². The van der Waals surface area contributed by atoms with Gasteiger partial charge in [0.05, 0.1) is 18.0 Å². The molecule has 0 aliphatic heterocycles. The molecule has 0 unspecified atom stereocenters. The number of allylic oxidation sites excluding steroid dienone is 7. The van der Waals surface area contributed by atoms with Crippen molar-refractivity contribution < 1.29 is 14.3 Å². The van der Waals surface area contributed by atoms with Crippen LogP contribution in [0.15, 0.2) is 40.5 Å². The van der Waals surface area contributed by atoms with E-state index in [9.17, 15) is 9.90 Å². The molecule has 0 radical (unpaired) electrons. The molecule has 0 saturated carbocycles. The number of benzene rings is 1. The van der Waals surface area contributed by atoms with Crippen molar-refractivity contribution in [2.45, 2.75) is 89.2 Å². The number of aliphatic hydroxyl groups excluding tert-OH is 1. The van der Waals surface area contributed by atoms with Crippen LogP contribution >= 0.6 is 0 Å². The normalized spacial score (nSPS) is 11.7. The average Bonchev–Trinajstić information content (AvgIpc) is 2.79. The first-order valence-corrected chi connectivity index (χ1v) is 11.8. The summed E-state index contributed by atoms with van der Waals surface area (Å²) in [5.41, 5.74) is 6.49. The topological polar surface area (TPSA) is 73.2 Å². The molecule has 0 bridgehead atoms. The Bertz CT molecular complexity index is 1050. The molecule has 188 valence electrons. The van der Waals surface area contributed by atoms with Gasteiger partial charge in [-0.15, -0.1) is 0 Å². The van der Waals surface area contributed by atoms with Gasteiger partial charge in [-0.1, -0.05) is 44.6 Å². The van der Waals surface area contributed by atoms with Crippen LogP contribution in [0.3, 0.4) is 0 Å². The van der Waals surface area contributed by atoms with Crippen molar-refractivity contribution in [3.8, 4) is 0 Å². The highest BCUT2D eigenvalue weighted by Crippen LogP contribution is 2.38. The highest BCUT2D eigenvalue weighted by Gasteiger charge is 2.28. The summed E-state index contributed by atoms with van der Waals surface area (Å²) in [5, 5.41) is 22.0. The fourth-order valence-electron chi connectivity index (χ4n) is 3.85. The highest BCUT2D eigenvalue weighted by atomic mass is 19.1. The van der Waals surface area contributed by atoms with Crippen LogP contribution in [0.4, 0.5) is 10.1 Å². The number of amides is 1. The summed E-state index contributed by atoms with van der Waals surface area (Å²) in [7, 11) is 0. The maximum atomic E-state index is 16.1. The van der Waals surface area contributed by atoms with Crippen LogP contribution in [0.5, 0.6) is 0 Å². The van der Waals surface area contributed by atoms with Crippen molar-refractivity contribution in [3.05, 3.63) is 68.6 Å². The zero-order valence-corrected chi connectivity index (χ0v) is 22.9. The van der Waals surface area contributed by atoms with Crippen molar-refractivity contribution in [3.63, 3.8) is 0 Å². The zero-order valence-electron chi connectivity index (χ0n) is 22.9. The maximum Gasteiger partial charge on any atom is 0.221 e. The van der Waals surface area contributed by atoms with Crippen LogP contribution in [-0.4, -0.2) is 16.7 Å². The van der Waals surface area contributed by atoms with E-state index in [1.807, 2.05) is 68.4 Å². The number of rotatable bonds is 8. The molecular weight excluding hydrogens is 427 g/mol. The lowest BCUT2D eigenvalue weighted by Gasteiger charge is -2.25. The minimum Gasteiger partial charge on any atom is -0.392 e. The molecule has 0 atom stereocenters. The standard InChI is InChI=1S/C27H37FN2O2.C2H6/c1-11-16(7)18(9)23(17(8)14(3)4)26(29)24-20(12-2)21(13-31)22(15(5)6)27(25(24)28)30-19(10)32;1-2/h11,29,31H,5,12-13H2,1-4,6-10H3,(H,30,32);1-2H3/b16-11-,23-18-,29-26?;. The molecule has 0 fully saturated rings. The number of hydrogen-bond donors (Lipinski definition) is 3. The fourth-order valence-corrected chi connectivity index (χ4v) is 3.85. The van der Waals surface area contributed by atoms with Gasteiger partial charge in [-0.05, 0) is 82.7 Å². The van der Waals surface area contributed by atoms with Crippen LogP contribution in [0.25, 0.3) is 5.57 Å². The number of carbonyl (C=O) groups excluding carboxylic acids is 1. The molecule has 34 heavy (non-hydrogen) atoms. The predicted octanol–water partition coefficient (Wildman–Crippen LogP) is 7.90. The summed E-state index contributed by atoms with van der Waals surface area (Å²) in [6.07, 6.45) is 2.37. The van der Waals surface area contributed by atoms with E-state index in [0.29, 0.717) is 34.3 Å². The molecule has 1 aromatic carbocycles. The first kappa shape index (κ1) is 31.2. The highest BCUT2D eigenvalue weighted by molar-refractivity contribution is 6.16.